The number of nitrogens with zero attached hydrogens (tertiary/aromatic N) is 4. The summed E-state index contributed by atoms with van der Waals surface area (Å²) in [5, 5.41) is 1.26. The molecule has 7 nitrogen and oxygen atoms in total. The van der Waals surface area contributed by atoms with Crippen molar-refractivity contribution < 1.29 is 9.47 Å². The smallest absolute Gasteiger partial charge is 0.123 e. The van der Waals surface area contributed by atoms with E-state index >= 15 is 0 Å². The van der Waals surface area contributed by atoms with Crippen LogP contribution in [0.5, 0.6) is 5.75 Å². The normalized spacial score (nSPS) is 17.0. The second-order valence-electron chi connectivity index (χ2n) is 8.19. The largest absolute Gasteiger partial charge is 0.497 e. The number of fused-ring (bicyclic) bond motifs is 1. The van der Waals surface area contributed by atoms with Gasteiger partial charge in [0.15, 0.2) is 0 Å². The molecule has 0 aliphatic carbocycles. The third-order valence-electron chi connectivity index (χ3n) is 6.06. The van der Waals surface area contributed by atoms with E-state index in [0.717, 1.165) is 42.2 Å². The lowest BCUT2D eigenvalue weighted by Gasteiger charge is -2.32. The van der Waals surface area contributed by atoms with Crippen LogP contribution in [0.4, 0.5) is 5.82 Å². The molecule has 4 heterocycles. The highest BCUT2D eigenvalue weighted by Gasteiger charge is 2.24. The van der Waals surface area contributed by atoms with Crippen molar-refractivity contribution in [3.8, 4) is 16.9 Å². The summed E-state index contributed by atoms with van der Waals surface area (Å²) in [4.78, 5) is 11.3. The second kappa shape index (κ2) is 8.61. The molecule has 1 atom stereocenters. The molecule has 0 bridgehead atoms. The Balaban J connectivity index is 1.30. The summed E-state index contributed by atoms with van der Waals surface area (Å²) in [5.41, 5.74) is 11.1. The van der Waals surface area contributed by atoms with Crippen LogP contribution in [-0.2, 0) is 18.3 Å². The lowest BCUT2D eigenvalue weighted by molar-refractivity contribution is -0.0348. The van der Waals surface area contributed by atoms with Crippen LogP contribution in [0.15, 0.2) is 61.1 Å². The highest BCUT2D eigenvalue weighted by atomic mass is 16.5. The van der Waals surface area contributed by atoms with Crippen LogP contribution < -0.4 is 10.5 Å². The molecule has 3 aromatic heterocycles. The van der Waals surface area contributed by atoms with Crippen LogP contribution in [0, 0.1) is 0 Å². The van der Waals surface area contributed by atoms with Gasteiger partial charge in [-0.1, -0.05) is 6.07 Å². The zero-order chi connectivity index (χ0) is 22.1. The lowest BCUT2D eigenvalue weighted by Crippen LogP contribution is -2.38. The third-order valence-corrected chi connectivity index (χ3v) is 6.06. The average Bonchev–Trinajstić information content (AvgIpc) is 3.14. The molecule has 5 rings (SSSR count). The van der Waals surface area contributed by atoms with Gasteiger partial charge in [-0.15, -0.1) is 0 Å². The molecular formula is C25H27N5O2. The Morgan fingerprint density at radius 1 is 1.09 bits per heavy atom. The molecule has 4 aromatic rings. The predicted octanol–water partition coefficient (Wildman–Crippen LogP) is 3.80. The molecule has 1 fully saturated rings. The number of morpholine rings is 1. The molecular weight excluding hydrogens is 402 g/mol. The van der Waals surface area contributed by atoms with Gasteiger partial charge < -0.3 is 19.8 Å². The number of hydrogen-bond acceptors (Lipinski definition) is 6. The molecule has 2 N–H and O–H groups in total. The molecule has 0 spiro atoms. The minimum absolute atomic E-state index is 0.0441. The summed E-state index contributed by atoms with van der Waals surface area (Å²) < 4.78 is 13.6. The maximum Gasteiger partial charge on any atom is 0.123 e. The van der Waals surface area contributed by atoms with E-state index in [-0.39, 0.29) is 6.10 Å². The summed E-state index contributed by atoms with van der Waals surface area (Å²) >= 11 is 0. The van der Waals surface area contributed by atoms with E-state index in [1.54, 1.807) is 19.4 Å². The van der Waals surface area contributed by atoms with Gasteiger partial charge in [0.25, 0.3) is 0 Å². The number of nitrogens with two attached hydrogens (primary N) is 1. The van der Waals surface area contributed by atoms with Gasteiger partial charge in [0, 0.05) is 67.9 Å². The maximum absolute atomic E-state index is 6.06. The monoisotopic (exact) mass is 429 g/mol. The number of pyridine rings is 2. The molecule has 1 aliphatic rings. The first-order valence-electron chi connectivity index (χ1n) is 10.7. The van der Waals surface area contributed by atoms with E-state index in [1.807, 2.05) is 24.4 Å². The first kappa shape index (κ1) is 20.5. The number of aromatic nitrogens is 3. The van der Waals surface area contributed by atoms with Crippen LogP contribution in [0.2, 0.25) is 0 Å². The number of anilines is 1. The SMILES string of the molecule is COc1ccc2c(CN3CCO[C@@H](c4ccc(-c5ccc(N)nc5)cn4)C3)cn(C)c2c1. The number of methoxy groups -OCH3 is 1. The van der Waals surface area contributed by atoms with Crippen molar-refractivity contribution in [1.29, 1.82) is 0 Å². The minimum Gasteiger partial charge on any atom is -0.497 e. The van der Waals surface area contributed by atoms with Gasteiger partial charge in [0.05, 0.1) is 24.9 Å². The fraction of sp³-hybridized carbons (Fsp3) is 0.280. The lowest BCUT2D eigenvalue weighted by atomic mass is 10.1. The quantitative estimate of drug-likeness (QED) is 0.520. The van der Waals surface area contributed by atoms with E-state index < -0.39 is 0 Å². The van der Waals surface area contributed by atoms with E-state index in [4.69, 9.17) is 15.2 Å². The average molecular weight is 430 g/mol. The van der Waals surface area contributed by atoms with Gasteiger partial charge in [0.1, 0.15) is 17.7 Å². The summed E-state index contributed by atoms with van der Waals surface area (Å²) in [5.74, 6) is 1.39. The molecule has 0 radical (unpaired) electrons. The fourth-order valence-electron chi connectivity index (χ4n) is 4.31. The predicted molar refractivity (Wildman–Crippen MR) is 125 cm³/mol. The zero-order valence-corrected chi connectivity index (χ0v) is 18.4. The van der Waals surface area contributed by atoms with E-state index in [2.05, 4.69) is 50.9 Å². The van der Waals surface area contributed by atoms with Crippen LogP contribution in [0.25, 0.3) is 22.0 Å². The number of aryl methyl sites for hydroxylation is 1. The highest BCUT2D eigenvalue weighted by molar-refractivity contribution is 5.85. The number of ether oxygens (including phenoxy) is 2. The molecule has 32 heavy (non-hydrogen) atoms. The number of nitrogen functional groups attached to an aromatic ring is 1. The first-order valence-corrected chi connectivity index (χ1v) is 10.7. The van der Waals surface area contributed by atoms with Gasteiger partial charge >= 0.3 is 0 Å². The van der Waals surface area contributed by atoms with E-state index in [9.17, 15) is 0 Å². The van der Waals surface area contributed by atoms with E-state index in [1.165, 1.54) is 16.5 Å². The van der Waals surface area contributed by atoms with Crippen molar-refractivity contribution in [2.45, 2.75) is 12.6 Å². The summed E-state index contributed by atoms with van der Waals surface area (Å²) in [6.07, 6.45) is 5.81. The van der Waals surface area contributed by atoms with Crippen LogP contribution in [0.1, 0.15) is 17.4 Å². The molecule has 0 saturated carbocycles. The van der Waals surface area contributed by atoms with Crippen molar-refractivity contribution in [3.05, 3.63) is 72.3 Å². The molecule has 0 amide bonds. The van der Waals surface area contributed by atoms with Gasteiger partial charge in [-0.05, 0) is 35.9 Å². The number of benzene rings is 1. The van der Waals surface area contributed by atoms with Gasteiger partial charge in [-0.3, -0.25) is 9.88 Å². The summed E-state index contributed by atoms with van der Waals surface area (Å²) in [7, 11) is 3.78. The summed E-state index contributed by atoms with van der Waals surface area (Å²) in [6.45, 7) is 3.27. The molecule has 7 heteroatoms. The molecule has 1 aromatic carbocycles. The Hall–Kier alpha value is -3.42. The minimum atomic E-state index is -0.0441. The zero-order valence-electron chi connectivity index (χ0n) is 18.4. The van der Waals surface area contributed by atoms with Crippen LogP contribution >= 0.6 is 0 Å². The standard InChI is InChI=1S/C25H27N5O2/c1-29-14-19(21-6-5-20(31-2)11-23(21)29)15-30-9-10-32-24(16-30)22-7-3-17(12-27-22)18-4-8-25(26)28-13-18/h3-8,11-14,24H,9-10,15-16H2,1-2H3,(H2,26,28)/t24-/m1/s1. The number of rotatable bonds is 5. The summed E-state index contributed by atoms with van der Waals surface area (Å²) in [6, 6.07) is 14.1. The molecule has 0 unspecified atom stereocenters. The van der Waals surface area contributed by atoms with Crippen molar-refractivity contribution in [3.63, 3.8) is 0 Å². The fourth-order valence-corrected chi connectivity index (χ4v) is 4.31. The molecule has 164 valence electrons. The van der Waals surface area contributed by atoms with Crippen molar-refractivity contribution in [1.82, 2.24) is 19.4 Å². The Morgan fingerprint density at radius 3 is 2.62 bits per heavy atom. The molecule has 1 saturated heterocycles. The van der Waals surface area contributed by atoms with Crippen molar-refractivity contribution in [2.75, 3.05) is 32.5 Å². The van der Waals surface area contributed by atoms with E-state index in [0.29, 0.717) is 12.4 Å². The Morgan fingerprint density at radius 2 is 1.91 bits per heavy atom. The number of hydrogen-bond donors (Lipinski definition) is 1. The Kier molecular flexibility index (Phi) is 5.51. The van der Waals surface area contributed by atoms with Gasteiger partial charge in [-0.2, -0.15) is 0 Å². The topological polar surface area (TPSA) is 78.4 Å². The maximum atomic E-state index is 6.06. The Labute approximate surface area is 187 Å². The van der Waals surface area contributed by atoms with Crippen molar-refractivity contribution >= 4 is 16.7 Å². The van der Waals surface area contributed by atoms with Crippen molar-refractivity contribution in [2.24, 2.45) is 7.05 Å². The molecule has 1 aliphatic heterocycles. The Bertz CT molecular complexity index is 1220. The first-order chi connectivity index (χ1) is 15.6. The van der Waals surface area contributed by atoms with Crippen LogP contribution in [-0.4, -0.2) is 46.2 Å². The highest BCUT2D eigenvalue weighted by Crippen LogP contribution is 2.29. The third kappa shape index (κ3) is 4.04. The second-order valence-corrected chi connectivity index (χ2v) is 8.19. The van der Waals surface area contributed by atoms with Crippen LogP contribution in [0.3, 0.4) is 0 Å². The van der Waals surface area contributed by atoms with Gasteiger partial charge in [0.2, 0.25) is 0 Å². The van der Waals surface area contributed by atoms with Gasteiger partial charge in [-0.25, -0.2) is 4.98 Å².